The predicted octanol–water partition coefficient (Wildman–Crippen LogP) is 2.59. The maximum Gasteiger partial charge on any atom is 0.211 e. The molecular formula is C23H21N5O. The number of aliphatic imine (C=N–C) groups is 1. The van der Waals surface area contributed by atoms with Gasteiger partial charge < -0.3 is 16.2 Å². The van der Waals surface area contributed by atoms with Gasteiger partial charge in [-0.3, -0.25) is 0 Å². The third kappa shape index (κ3) is 4.38. The van der Waals surface area contributed by atoms with Gasteiger partial charge >= 0.3 is 0 Å². The smallest absolute Gasteiger partial charge is 0.211 e. The van der Waals surface area contributed by atoms with E-state index in [-0.39, 0.29) is 22.4 Å². The van der Waals surface area contributed by atoms with Gasteiger partial charge in [0.05, 0.1) is 17.7 Å². The number of aliphatic hydroxyl groups is 1. The highest BCUT2D eigenvalue weighted by Crippen LogP contribution is 2.45. The molecule has 0 aliphatic carbocycles. The fourth-order valence-corrected chi connectivity index (χ4v) is 2.82. The van der Waals surface area contributed by atoms with Crippen molar-refractivity contribution in [3.63, 3.8) is 0 Å². The van der Waals surface area contributed by atoms with Gasteiger partial charge in [0, 0.05) is 11.1 Å². The Hall–Kier alpha value is -3.80. The monoisotopic (exact) mass is 383 g/mol. The largest absolute Gasteiger partial charge is 0.762 e. The number of allylic oxidation sites excluding steroid dienone is 2. The molecule has 1 heterocycles. The van der Waals surface area contributed by atoms with E-state index < -0.39 is 5.72 Å². The van der Waals surface area contributed by atoms with Crippen molar-refractivity contribution in [2.45, 2.75) is 19.1 Å². The number of hydrogen-bond acceptors (Lipinski definition) is 4. The van der Waals surface area contributed by atoms with Crippen LogP contribution in [-0.4, -0.2) is 23.2 Å². The van der Waals surface area contributed by atoms with Crippen molar-refractivity contribution in [3.05, 3.63) is 88.3 Å². The van der Waals surface area contributed by atoms with Crippen molar-refractivity contribution in [2.24, 2.45) is 4.99 Å². The second-order valence-corrected chi connectivity index (χ2v) is 6.18. The molecule has 1 atom stereocenters. The number of nitrogens with zero attached hydrogens (tertiary/aromatic N) is 4. The van der Waals surface area contributed by atoms with Gasteiger partial charge in [0.1, 0.15) is 17.9 Å². The molecule has 1 unspecified atom stereocenters. The molecule has 4 N–H and O–H groups in total. The van der Waals surface area contributed by atoms with E-state index in [4.69, 9.17) is 0 Å². The topological polar surface area (TPSA) is 130 Å². The van der Waals surface area contributed by atoms with Gasteiger partial charge in [-0.05, 0) is 12.0 Å². The van der Waals surface area contributed by atoms with Crippen LogP contribution in [0, 0.1) is 22.7 Å². The Morgan fingerprint density at radius 1 is 1.10 bits per heavy atom. The van der Waals surface area contributed by atoms with E-state index in [2.05, 4.69) is 17.6 Å². The Bertz CT molecular complexity index is 1050. The molecular weight excluding hydrogens is 362 g/mol. The summed E-state index contributed by atoms with van der Waals surface area (Å²) in [5.41, 5.74) is 2.70. The SMILES string of the molecule is CCC[NH3+].N#CC(=C=[N-])C1=NC(O)(c2ccccc2)C(c2ccccc2)=C1C#N. The number of quaternary nitrogens is 1. The van der Waals surface area contributed by atoms with Gasteiger partial charge in [0.2, 0.25) is 5.72 Å². The van der Waals surface area contributed by atoms with E-state index in [1.807, 2.05) is 12.1 Å². The normalized spacial score (nSPS) is 17.2. The van der Waals surface area contributed by atoms with Crippen LogP contribution in [0.1, 0.15) is 24.5 Å². The van der Waals surface area contributed by atoms with Crippen LogP contribution in [0.15, 0.2) is 76.8 Å². The lowest BCUT2D eigenvalue weighted by atomic mass is 9.87. The number of hydrogen-bond donors (Lipinski definition) is 2. The molecule has 0 saturated carbocycles. The van der Waals surface area contributed by atoms with Crippen LogP contribution in [0.3, 0.4) is 0 Å². The van der Waals surface area contributed by atoms with Crippen LogP contribution >= 0.6 is 0 Å². The first-order valence-corrected chi connectivity index (χ1v) is 9.12. The maximum atomic E-state index is 11.4. The molecule has 0 fully saturated rings. The zero-order valence-corrected chi connectivity index (χ0v) is 16.1. The fourth-order valence-electron chi connectivity index (χ4n) is 2.82. The molecule has 0 amide bonds. The molecule has 2 aromatic rings. The quantitative estimate of drug-likeness (QED) is 0.621. The zero-order valence-electron chi connectivity index (χ0n) is 16.1. The minimum absolute atomic E-state index is 0.0238. The highest BCUT2D eigenvalue weighted by molar-refractivity contribution is 6.27. The highest BCUT2D eigenvalue weighted by atomic mass is 16.3. The summed E-state index contributed by atoms with van der Waals surface area (Å²) in [6.45, 7) is 3.19. The van der Waals surface area contributed by atoms with Crippen LogP contribution in [0.25, 0.3) is 11.0 Å². The molecule has 2 aromatic carbocycles. The molecule has 1 aliphatic rings. The van der Waals surface area contributed by atoms with Crippen LogP contribution in [0.5, 0.6) is 0 Å². The summed E-state index contributed by atoms with van der Waals surface area (Å²) < 4.78 is 0. The molecule has 144 valence electrons. The first-order chi connectivity index (χ1) is 14.1. The van der Waals surface area contributed by atoms with Gasteiger partial charge in [0.25, 0.3) is 0 Å². The number of benzene rings is 2. The molecule has 6 nitrogen and oxygen atoms in total. The molecule has 0 bridgehead atoms. The van der Waals surface area contributed by atoms with E-state index >= 15 is 0 Å². The Kier molecular flexibility index (Phi) is 7.37. The number of nitriles is 2. The Balaban J connectivity index is 0.000000687. The molecule has 0 radical (unpaired) electrons. The second-order valence-electron chi connectivity index (χ2n) is 6.18. The minimum Gasteiger partial charge on any atom is -0.762 e. The summed E-state index contributed by atoms with van der Waals surface area (Å²) in [5, 5.41) is 39.4. The molecule has 0 saturated heterocycles. The predicted molar refractivity (Wildman–Crippen MR) is 112 cm³/mol. The lowest BCUT2D eigenvalue weighted by Crippen LogP contribution is -2.49. The third-order valence-electron chi connectivity index (χ3n) is 4.27. The standard InChI is InChI=1S/C20H11N4O.C3H9N/c21-11-15(12-22)19-17(13-23)18(14-7-3-1-4-8-14)20(25,24-19)16-9-5-2-6-10-16;1-2-3-4/h1-10,25H;2-4H2,1H3/q-1;/p+1. The van der Waals surface area contributed by atoms with Crippen molar-refractivity contribution < 1.29 is 10.8 Å². The lowest BCUT2D eigenvalue weighted by Gasteiger charge is -2.24. The minimum atomic E-state index is -1.85. The van der Waals surface area contributed by atoms with Crippen molar-refractivity contribution in [3.8, 4) is 12.1 Å². The van der Waals surface area contributed by atoms with Crippen molar-refractivity contribution in [2.75, 3.05) is 6.54 Å². The molecule has 3 rings (SSSR count). The van der Waals surface area contributed by atoms with Crippen molar-refractivity contribution >= 4 is 17.2 Å². The molecule has 1 aliphatic heterocycles. The first-order valence-electron chi connectivity index (χ1n) is 9.12. The fraction of sp³-hybridized carbons (Fsp3) is 0.174. The summed E-state index contributed by atoms with van der Waals surface area (Å²) in [4.78, 5) is 4.24. The zero-order chi connectivity index (χ0) is 21.3. The first kappa shape index (κ1) is 21.5. The van der Waals surface area contributed by atoms with Gasteiger partial charge in [-0.25, -0.2) is 10.9 Å². The highest BCUT2D eigenvalue weighted by Gasteiger charge is 2.43. The van der Waals surface area contributed by atoms with Crippen LogP contribution in [0.2, 0.25) is 0 Å². The Morgan fingerprint density at radius 2 is 1.66 bits per heavy atom. The van der Waals surface area contributed by atoms with Gasteiger partial charge in [-0.15, -0.1) is 0 Å². The lowest BCUT2D eigenvalue weighted by molar-refractivity contribution is -0.367. The molecule has 6 heteroatoms. The van der Waals surface area contributed by atoms with Crippen molar-refractivity contribution in [1.82, 2.24) is 0 Å². The number of rotatable bonds is 4. The van der Waals surface area contributed by atoms with Crippen molar-refractivity contribution in [1.29, 1.82) is 10.5 Å². The molecule has 29 heavy (non-hydrogen) atoms. The summed E-state index contributed by atoms with van der Waals surface area (Å²) in [5.74, 6) is 1.75. The van der Waals surface area contributed by atoms with Gasteiger partial charge in [-0.2, -0.15) is 10.5 Å². The second kappa shape index (κ2) is 9.94. The van der Waals surface area contributed by atoms with Gasteiger partial charge in [0.15, 0.2) is 0 Å². The van der Waals surface area contributed by atoms with Gasteiger partial charge in [-0.1, -0.05) is 67.6 Å². The average molecular weight is 383 g/mol. The van der Waals surface area contributed by atoms with E-state index in [1.165, 1.54) is 6.42 Å². The molecule has 0 aromatic heterocycles. The maximum absolute atomic E-state index is 11.4. The van der Waals surface area contributed by atoms with E-state index in [0.29, 0.717) is 11.1 Å². The summed E-state index contributed by atoms with van der Waals surface area (Å²) in [7, 11) is 0. The molecule has 0 spiro atoms. The van der Waals surface area contributed by atoms with Crippen LogP contribution in [0.4, 0.5) is 0 Å². The summed E-state index contributed by atoms with van der Waals surface area (Å²) in [6.07, 6.45) is 1.21. The van der Waals surface area contributed by atoms with E-state index in [9.17, 15) is 21.0 Å². The third-order valence-corrected chi connectivity index (χ3v) is 4.27. The summed E-state index contributed by atoms with van der Waals surface area (Å²) in [6, 6.07) is 21.3. The van der Waals surface area contributed by atoms with E-state index in [0.717, 1.165) is 6.54 Å². The van der Waals surface area contributed by atoms with Crippen LogP contribution in [-0.2, 0) is 5.72 Å². The van der Waals surface area contributed by atoms with E-state index in [1.54, 1.807) is 66.5 Å². The summed E-state index contributed by atoms with van der Waals surface area (Å²) >= 11 is 0. The van der Waals surface area contributed by atoms with Crippen LogP contribution < -0.4 is 5.73 Å². The Morgan fingerprint density at radius 3 is 2.10 bits per heavy atom. The average Bonchev–Trinajstić information content (AvgIpc) is 3.09. The Labute approximate surface area is 170 Å².